The molecule has 2 heteroatoms. The summed E-state index contributed by atoms with van der Waals surface area (Å²) in [5.74, 6) is 0.900. The zero-order valence-electron chi connectivity index (χ0n) is 34.8. The van der Waals surface area contributed by atoms with Gasteiger partial charge in [-0.05, 0) is 50.9 Å². The van der Waals surface area contributed by atoms with Gasteiger partial charge in [-0.15, -0.1) is 0 Å². The van der Waals surface area contributed by atoms with Crippen molar-refractivity contribution >= 4 is 5.97 Å². The maximum atomic E-state index is 12.0. The maximum absolute atomic E-state index is 12.0. The topological polar surface area (TPSA) is 26.3 Å². The fraction of sp³-hybridized carbons (Fsp3) is 0.896. The van der Waals surface area contributed by atoms with Crippen LogP contribution in [0.3, 0.4) is 0 Å². The van der Waals surface area contributed by atoms with Gasteiger partial charge < -0.3 is 4.74 Å². The summed E-state index contributed by atoms with van der Waals surface area (Å²) in [5.41, 5.74) is 0. The Labute approximate surface area is 316 Å². The highest BCUT2D eigenvalue weighted by molar-refractivity contribution is 5.69. The number of carbonyl (C=O) groups is 1. The van der Waals surface area contributed by atoms with Crippen molar-refractivity contribution in [3.8, 4) is 0 Å². The number of rotatable bonds is 42. The van der Waals surface area contributed by atoms with Crippen LogP contribution >= 0.6 is 0 Å². The standard InChI is InChI=1S/C48H92O2/c1-4-5-6-7-8-9-10-11-23-27-30-33-36-39-42-45-48(49)50-46-43-40-37-34-31-28-25-22-20-18-16-14-12-13-15-17-19-21-24-26-29-32-35-38-41-44-47(2)3/h8-9,11,23,47H,4-7,10,12-22,24-46H2,1-3H3/b9-8-,23-11-. The second-order valence-electron chi connectivity index (χ2n) is 16.2. The van der Waals surface area contributed by atoms with Crippen molar-refractivity contribution in [1.82, 2.24) is 0 Å². The van der Waals surface area contributed by atoms with Crippen LogP contribution in [0.2, 0.25) is 0 Å². The van der Waals surface area contributed by atoms with Crippen LogP contribution in [0.25, 0.3) is 0 Å². The Morgan fingerprint density at radius 1 is 0.420 bits per heavy atom. The molecule has 0 bridgehead atoms. The number of esters is 1. The quantitative estimate of drug-likeness (QED) is 0.0360. The number of unbranched alkanes of at least 4 members (excludes halogenated alkanes) is 32. The molecule has 0 amide bonds. The van der Waals surface area contributed by atoms with Gasteiger partial charge in [-0.1, -0.05) is 238 Å². The van der Waals surface area contributed by atoms with E-state index >= 15 is 0 Å². The lowest BCUT2D eigenvalue weighted by atomic mass is 10.0. The van der Waals surface area contributed by atoms with Gasteiger partial charge in [-0.2, -0.15) is 0 Å². The second-order valence-corrected chi connectivity index (χ2v) is 16.2. The Bertz CT molecular complexity index is 692. The summed E-state index contributed by atoms with van der Waals surface area (Å²) in [5, 5.41) is 0. The Kier molecular flexibility index (Phi) is 43.2. The molecule has 0 aliphatic carbocycles. The summed E-state index contributed by atoms with van der Waals surface area (Å²) >= 11 is 0. The minimum atomic E-state index is 0.0142. The minimum Gasteiger partial charge on any atom is -0.466 e. The Morgan fingerprint density at radius 2 is 0.760 bits per heavy atom. The molecule has 0 aliphatic rings. The van der Waals surface area contributed by atoms with E-state index in [0.29, 0.717) is 13.0 Å². The van der Waals surface area contributed by atoms with E-state index in [9.17, 15) is 4.79 Å². The van der Waals surface area contributed by atoms with Crippen molar-refractivity contribution in [2.45, 2.75) is 265 Å². The first-order valence-electron chi connectivity index (χ1n) is 23.1. The third-order valence-corrected chi connectivity index (χ3v) is 10.5. The molecular formula is C48H92O2. The van der Waals surface area contributed by atoms with Gasteiger partial charge in [0.25, 0.3) is 0 Å². The maximum Gasteiger partial charge on any atom is 0.305 e. The predicted molar refractivity (Wildman–Crippen MR) is 225 cm³/mol. The molecule has 0 aromatic carbocycles. The minimum absolute atomic E-state index is 0.0142. The first-order chi connectivity index (χ1) is 24.7. The second kappa shape index (κ2) is 44.1. The molecule has 0 spiro atoms. The van der Waals surface area contributed by atoms with Gasteiger partial charge in [-0.25, -0.2) is 0 Å². The van der Waals surface area contributed by atoms with Crippen molar-refractivity contribution in [2.24, 2.45) is 5.92 Å². The van der Waals surface area contributed by atoms with Crippen LogP contribution in [-0.2, 0) is 9.53 Å². The van der Waals surface area contributed by atoms with Crippen LogP contribution in [0.1, 0.15) is 265 Å². The number of hydrogen-bond donors (Lipinski definition) is 0. The normalized spacial score (nSPS) is 11.9. The van der Waals surface area contributed by atoms with Gasteiger partial charge in [0.2, 0.25) is 0 Å². The smallest absolute Gasteiger partial charge is 0.305 e. The predicted octanol–water partition coefficient (Wildman–Crippen LogP) is 17.1. The highest BCUT2D eigenvalue weighted by atomic mass is 16.5. The van der Waals surface area contributed by atoms with Gasteiger partial charge in [0.15, 0.2) is 0 Å². The first kappa shape index (κ1) is 49.0. The SMILES string of the molecule is CCCCC/C=C\C/C=C\CCCCCCCC(=O)OCCCCCCCCCCCCCCCCCCCCCCCCCCCC(C)C. The van der Waals surface area contributed by atoms with Crippen molar-refractivity contribution in [1.29, 1.82) is 0 Å². The Hall–Kier alpha value is -1.05. The summed E-state index contributed by atoms with van der Waals surface area (Å²) in [6.07, 6.45) is 60.1. The molecule has 0 N–H and O–H groups in total. The van der Waals surface area contributed by atoms with Crippen LogP contribution in [0.5, 0.6) is 0 Å². The van der Waals surface area contributed by atoms with Gasteiger partial charge in [0.1, 0.15) is 0 Å². The molecule has 0 aromatic heterocycles. The van der Waals surface area contributed by atoms with E-state index < -0.39 is 0 Å². The highest BCUT2D eigenvalue weighted by Crippen LogP contribution is 2.17. The van der Waals surface area contributed by atoms with E-state index in [1.54, 1.807) is 0 Å². The molecule has 50 heavy (non-hydrogen) atoms. The van der Waals surface area contributed by atoms with Gasteiger partial charge in [0, 0.05) is 6.42 Å². The first-order valence-corrected chi connectivity index (χ1v) is 23.1. The lowest BCUT2D eigenvalue weighted by molar-refractivity contribution is -0.143. The van der Waals surface area contributed by atoms with Crippen LogP contribution < -0.4 is 0 Å². The third-order valence-electron chi connectivity index (χ3n) is 10.5. The Balaban J connectivity index is 3.18. The van der Waals surface area contributed by atoms with E-state index in [2.05, 4.69) is 45.1 Å². The molecule has 0 fully saturated rings. The lowest BCUT2D eigenvalue weighted by Crippen LogP contribution is -2.05. The lowest BCUT2D eigenvalue weighted by Gasteiger charge is -2.06. The molecule has 296 valence electrons. The monoisotopic (exact) mass is 701 g/mol. The van der Waals surface area contributed by atoms with Crippen molar-refractivity contribution in [3.63, 3.8) is 0 Å². The van der Waals surface area contributed by atoms with Crippen LogP contribution in [0.15, 0.2) is 24.3 Å². The van der Waals surface area contributed by atoms with Gasteiger partial charge >= 0.3 is 5.97 Å². The van der Waals surface area contributed by atoms with E-state index in [1.165, 1.54) is 212 Å². The highest BCUT2D eigenvalue weighted by Gasteiger charge is 2.03. The average Bonchev–Trinajstić information content (AvgIpc) is 3.11. The van der Waals surface area contributed by atoms with E-state index in [-0.39, 0.29) is 5.97 Å². The fourth-order valence-corrected chi connectivity index (χ4v) is 7.06. The molecule has 0 aliphatic heterocycles. The number of allylic oxidation sites excluding steroid dienone is 4. The van der Waals surface area contributed by atoms with Crippen molar-refractivity contribution in [3.05, 3.63) is 24.3 Å². The summed E-state index contributed by atoms with van der Waals surface area (Å²) in [7, 11) is 0. The van der Waals surface area contributed by atoms with Crippen molar-refractivity contribution < 1.29 is 9.53 Å². The summed E-state index contributed by atoms with van der Waals surface area (Å²) < 4.78 is 5.47. The van der Waals surface area contributed by atoms with Crippen LogP contribution in [0, 0.1) is 5.92 Å². The van der Waals surface area contributed by atoms with E-state index in [0.717, 1.165) is 31.6 Å². The molecule has 0 aromatic rings. The number of hydrogen-bond acceptors (Lipinski definition) is 2. The fourth-order valence-electron chi connectivity index (χ4n) is 7.06. The summed E-state index contributed by atoms with van der Waals surface area (Å²) in [4.78, 5) is 12.0. The summed E-state index contributed by atoms with van der Waals surface area (Å²) in [6.45, 7) is 7.57. The van der Waals surface area contributed by atoms with Gasteiger partial charge in [0.05, 0.1) is 6.61 Å². The largest absolute Gasteiger partial charge is 0.466 e. The molecule has 0 radical (unpaired) electrons. The molecule has 0 atom stereocenters. The molecule has 0 unspecified atom stereocenters. The summed E-state index contributed by atoms with van der Waals surface area (Å²) in [6, 6.07) is 0. The number of ether oxygens (including phenoxy) is 1. The number of carbonyl (C=O) groups excluding carboxylic acids is 1. The zero-order valence-corrected chi connectivity index (χ0v) is 34.8. The van der Waals surface area contributed by atoms with Crippen LogP contribution in [-0.4, -0.2) is 12.6 Å². The molecule has 0 heterocycles. The average molecular weight is 701 g/mol. The zero-order chi connectivity index (χ0) is 36.3. The third kappa shape index (κ3) is 45.0. The van der Waals surface area contributed by atoms with E-state index in [1.807, 2.05) is 0 Å². The molecular weight excluding hydrogens is 609 g/mol. The van der Waals surface area contributed by atoms with E-state index in [4.69, 9.17) is 4.74 Å². The molecule has 0 saturated heterocycles. The van der Waals surface area contributed by atoms with Crippen LogP contribution in [0.4, 0.5) is 0 Å². The Morgan fingerprint density at radius 3 is 1.16 bits per heavy atom. The van der Waals surface area contributed by atoms with Crippen molar-refractivity contribution in [2.75, 3.05) is 6.61 Å². The molecule has 0 saturated carbocycles. The molecule has 2 nitrogen and oxygen atoms in total. The molecule has 0 rings (SSSR count). The van der Waals surface area contributed by atoms with Gasteiger partial charge in [-0.3, -0.25) is 4.79 Å².